The van der Waals surface area contributed by atoms with Crippen LogP contribution in [0.25, 0.3) is 0 Å². The molecule has 0 radical (unpaired) electrons. The molecule has 0 heterocycles. The monoisotopic (exact) mass is 623 g/mol. The zero-order chi connectivity index (χ0) is 32.4. The van der Waals surface area contributed by atoms with E-state index in [0.717, 1.165) is 44.9 Å². The number of hydrogen-bond donors (Lipinski definition) is 0. The van der Waals surface area contributed by atoms with E-state index < -0.39 is 0 Å². The molecule has 0 aromatic carbocycles. The summed E-state index contributed by atoms with van der Waals surface area (Å²) in [6, 6.07) is 0. The van der Waals surface area contributed by atoms with Gasteiger partial charge in [0.2, 0.25) is 0 Å². The standard InChI is InChI=1S/C40H78O4/c1-5-9-11-13-15-17-19-21-23-25-27-29-31-34-39(41)43-36-37(8-4)38(33-7-3)44-40(42)35-32-30-28-26-24-22-20-18-16-14-12-10-6-2/h37-38H,5-36H2,1-4H3/t37-,38+/m1/s1. The lowest BCUT2D eigenvalue weighted by Gasteiger charge is -2.26. The number of unbranched alkanes of at least 4 members (excludes halogenated alkanes) is 24. The molecule has 0 unspecified atom stereocenters. The molecule has 2 atom stereocenters. The van der Waals surface area contributed by atoms with Crippen molar-refractivity contribution in [3.8, 4) is 0 Å². The third-order valence-electron chi connectivity index (χ3n) is 9.33. The Morgan fingerprint density at radius 2 is 0.773 bits per heavy atom. The zero-order valence-corrected chi connectivity index (χ0v) is 30.4. The van der Waals surface area contributed by atoms with Gasteiger partial charge in [-0.15, -0.1) is 0 Å². The minimum atomic E-state index is -0.149. The number of hydrogen-bond acceptors (Lipinski definition) is 4. The van der Waals surface area contributed by atoms with Gasteiger partial charge >= 0.3 is 11.9 Å². The molecule has 0 fully saturated rings. The van der Waals surface area contributed by atoms with Crippen LogP contribution >= 0.6 is 0 Å². The van der Waals surface area contributed by atoms with E-state index in [1.807, 2.05) is 0 Å². The van der Waals surface area contributed by atoms with Crippen molar-refractivity contribution in [1.29, 1.82) is 0 Å². The molecule has 262 valence electrons. The van der Waals surface area contributed by atoms with Crippen LogP contribution in [0.15, 0.2) is 0 Å². The molecule has 0 saturated heterocycles. The fraction of sp³-hybridized carbons (Fsp3) is 0.950. The van der Waals surface area contributed by atoms with Gasteiger partial charge in [-0.25, -0.2) is 0 Å². The molecule has 4 nitrogen and oxygen atoms in total. The maximum absolute atomic E-state index is 12.6. The zero-order valence-electron chi connectivity index (χ0n) is 30.4. The second-order valence-corrected chi connectivity index (χ2v) is 13.7. The van der Waals surface area contributed by atoms with Crippen LogP contribution in [-0.4, -0.2) is 24.6 Å². The summed E-state index contributed by atoms with van der Waals surface area (Å²) < 4.78 is 11.6. The average Bonchev–Trinajstić information content (AvgIpc) is 3.02. The van der Waals surface area contributed by atoms with Gasteiger partial charge in [0.1, 0.15) is 6.10 Å². The Labute approximate surface area is 276 Å². The van der Waals surface area contributed by atoms with Gasteiger partial charge in [-0.1, -0.05) is 188 Å². The van der Waals surface area contributed by atoms with Gasteiger partial charge in [-0.2, -0.15) is 0 Å². The maximum Gasteiger partial charge on any atom is 0.306 e. The SMILES string of the molecule is CCCCCCCCCCCCCCCC(=O)OC[C@@H](CC)[C@H](CCC)OC(=O)CCCCCCCCCCCCCCC. The van der Waals surface area contributed by atoms with Crippen LogP contribution in [-0.2, 0) is 19.1 Å². The highest BCUT2D eigenvalue weighted by Crippen LogP contribution is 2.21. The summed E-state index contributed by atoms with van der Waals surface area (Å²) in [5, 5.41) is 0. The fourth-order valence-electron chi connectivity index (χ4n) is 6.24. The first-order chi connectivity index (χ1) is 21.6. The van der Waals surface area contributed by atoms with Crippen molar-refractivity contribution in [2.24, 2.45) is 5.92 Å². The summed E-state index contributed by atoms with van der Waals surface area (Å²) in [6.07, 6.45) is 37.4. The Bertz CT molecular complexity index is 604. The molecule has 0 amide bonds. The number of carbonyl (C=O) groups excluding carboxylic acids is 2. The largest absolute Gasteiger partial charge is 0.465 e. The van der Waals surface area contributed by atoms with Gasteiger partial charge in [0.05, 0.1) is 6.61 Å². The molecular formula is C40H78O4. The summed E-state index contributed by atoms with van der Waals surface area (Å²) in [5.41, 5.74) is 0. The van der Waals surface area contributed by atoms with Crippen LogP contribution in [0.1, 0.15) is 227 Å². The van der Waals surface area contributed by atoms with Gasteiger partial charge in [-0.3, -0.25) is 9.59 Å². The van der Waals surface area contributed by atoms with Gasteiger partial charge in [0.25, 0.3) is 0 Å². The second-order valence-electron chi connectivity index (χ2n) is 13.7. The summed E-state index contributed by atoms with van der Waals surface area (Å²) in [7, 11) is 0. The normalized spacial score (nSPS) is 12.7. The van der Waals surface area contributed by atoms with E-state index in [0.29, 0.717) is 19.4 Å². The molecule has 0 aromatic rings. The highest BCUT2D eigenvalue weighted by atomic mass is 16.6. The predicted molar refractivity (Wildman–Crippen MR) is 190 cm³/mol. The molecule has 0 spiro atoms. The van der Waals surface area contributed by atoms with E-state index >= 15 is 0 Å². The highest BCUT2D eigenvalue weighted by molar-refractivity contribution is 5.70. The number of rotatable bonds is 35. The van der Waals surface area contributed by atoms with E-state index in [4.69, 9.17) is 9.47 Å². The summed E-state index contributed by atoms with van der Waals surface area (Å²) >= 11 is 0. The number of ether oxygens (including phenoxy) is 2. The third-order valence-corrected chi connectivity index (χ3v) is 9.33. The van der Waals surface area contributed by atoms with Crippen LogP contribution in [0.4, 0.5) is 0 Å². The van der Waals surface area contributed by atoms with Crippen molar-refractivity contribution in [3.05, 3.63) is 0 Å². The first kappa shape index (κ1) is 42.9. The number of esters is 2. The minimum Gasteiger partial charge on any atom is -0.465 e. The van der Waals surface area contributed by atoms with Gasteiger partial charge < -0.3 is 9.47 Å². The van der Waals surface area contributed by atoms with E-state index in [1.54, 1.807) is 0 Å². The summed E-state index contributed by atoms with van der Waals surface area (Å²) in [4.78, 5) is 25.0. The van der Waals surface area contributed by atoms with E-state index in [2.05, 4.69) is 27.7 Å². The van der Waals surface area contributed by atoms with Crippen molar-refractivity contribution >= 4 is 11.9 Å². The molecule has 4 heteroatoms. The molecule has 0 aliphatic rings. The molecule has 0 bridgehead atoms. The molecule has 0 aliphatic carbocycles. The quantitative estimate of drug-likeness (QED) is 0.0521. The van der Waals surface area contributed by atoms with Crippen LogP contribution in [0, 0.1) is 5.92 Å². The molecule has 44 heavy (non-hydrogen) atoms. The smallest absolute Gasteiger partial charge is 0.306 e. The van der Waals surface area contributed by atoms with Crippen molar-refractivity contribution in [2.75, 3.05) is 6.61 Å². The van der Waals surface area contributed by atoms with Crippen molar-refractivity contribution < 1.29 is 19.1 Å². The Morgan fingerprint density at radius 1 is 0.432 bits per heavy atom. The topological polar surface area (TPSA) is 52.6 Å². The lowest BCUT2D eigenvalue weighted by Crippen LogP contribution is -2.30. The van der Waals surface area contributed by atoms with Crippen LogP contribution in [0.2, 0.25) is 0 Å². The molecular weight excluding hydrogens is 544 g/mol. The first-order valence-corrected chi connectivity index (χ1v) is 19.9. The van der Waals surface area contributed by atoms with Crippen molar-refractivity contribution in [1.82, 2.24) is 0 Å². The Hall–Kier alpha value is -1.06. The van der Waals surface area contributed by atoms with Crippen LogP contribution in [0.5, 0.6) is 0 Å². The molecule has 0 rings (SSSR count). The maximum atomic E-state index is 12.6. The van der Waals surface area contributed by atoms with E-state index in [1.165, 1.54) is 141 Å². The summed E-state index contributed by atoms with van der Waals surface area (Å²) in [5.74, 6) is -0.0931. The first-order valence-electron chi connectivity index (χ1n) is 19.9. The summed E-state index contributed by atoms with van der Waals surface area (Å²) in [6.45, 7) is 9.14. The number of carbonyl (C=O) groups is 2. The van der Waals surface area contributed by atoms with Crippen LogP contribution < -0.4 is 0 Å². The minimum absolute atomic E-state index is 0.0803. The van der Waals surface area contributed by atoms with Crippen molar-refractivity contribution in [2.45, 2.75) is 233 Å². The average molecular weight is 623 g/mol. The van der Waals surface area contributed by atoms with E-state index in [9.17, 15) is 9.59 Å². The van der Waals surface area contributed by atoms with Gasteiger partial charge in [-0.05, 0) is 25.7 Å². The lowest BCUT2D eigenvalue weighted by molar-refractivity contribution is -0.156. The Kier molecular flexibility index (Phi) is 34.0. The predicted octanol–water partition coefficient (Wildman–Crippen LogP) is 13.2. The molecule has 0 saturated carbocycles. The molecule has 0 aliphatic heterocycles. The van der Waals surface area contributed by atoms with Crippen LogP contribution in [0.3, 0.4) is 0 Å². The fourth-order valence-corrected chi connectivity index (χ4v) is 6.24. The van der Waals surface area contributed by atoms with Gasteiger partial charge in [0.15, 0.2) is 0 Å². The Balaban J connectivity index is 3.88. The second kappa shape index (κ2) is 34.8. The lowest BCUT2D eigenvalue weighted by atomic mass is 9.96. The van der Waals surface area contributed by atoms with Gasteiger partial charge in [0, 0.05) is 18.8 Å². The van der Waals surface area contributed by atoms with Crippen molar-refractivity contribution in [3.63, 3.8) is 0 Å². The van der Waals surface area contributed by atoms with E-state index in [-0.39, 0.29) is 24.0 Å². The molecule has 0 N–H and O–H groups in total. The third kappa shape index (κ3) is 29.6. The molecule has 0 aromatic heterocycles. The highest BCUT2D eigenvalue weighted by Gasteiger charge is 2.24. The Morgan fingerprint density at radius 3 is 1.11 bits per heavy atom.